The van der Waals surface area contributed by atoms with E-state index in [4.69, 9.17) is 9.47 Å². The molecule has 0 fully saturated rings. The third-order valence-electron chi connectivity index (χ3n) is 3.70. The second-order valence-corrected chi connectivity index (χ2v) is 7.21. The van der Waals surface area contributed by atoms with Crippen LogP contribution in [-0.2, 0) is 0 Å². The number of aromatic amines is 2. The average Bonchev–Trinajstić information content (AvgIpc) is 2.67. The molecule has 0 radical (unpaired) electrons. The smallest absolute Gasteiger partial charge is 0.266 e. The van der Waals surface area contributed by atoms with E-state index >= 15 is 0 Å². The second kappa shape index (κ2) is 8.53. The Labute approximate surface area is 175 Å². The van der Waals surface area contributed by atoms with Crippen molar-refractivity contribution in [3.8, 4) is 11.5 Å². The van der Waals surface area contributed by atoms with Gasteiger partial charge in [-0.2, -0.15) is 0 Å². The van der Waals surface area contributed by atoms with Crippen LogP contribution in [0.3, 0.4) is 0 Å². The fraction of sp³-hybridized carbons (Fsp3) is 0.111. The number of hydrogen-bond donors (Lipinski definition) is 2. The Bertz CT molecular complexity index is 1270. The maximum absolute atomic E-state index is 11.0. The maximum atomic E-state index is 11.0. The molecule has 0 aliphatic heterocycles. The SMILES string of the molecule is COc1cc2[nH]c(=O)cnc2cc1Br.COc1cc2ncc(=O)[nH]c2cc1Br. The number of fused-ring (bicyclic) bond motifs is 2. The number of ether oxygens (including phenoxy) is 2. The van der Waals surface area contributed by atoms with Crippen molar-refractivity contribution in [2.24, 2.45) is 0 Å². The molecule has 0 bridgehead atoms. The van der Waals surface area contributed by atoms with Gasteiger partial charge in [0, 0.05) is 12.1 Å². The summed E-state index contributed by atoms with van der Waals surface area (Å²) in [6.07, 6.45) is 2.50. The van der Waals surface area contributed by atoms with Crippen LogP contribution >= 0.6 is 31.9 Å². The van der Waals surface area contributed by atoms with Crippen molar-refractivity contribution in [1.82, 2.24) is 19.9 Å². The molecule has 0 aliphatic carbocycles. The number of aromatic nitrogens is 4. The Morgan fingerprint density at radius 1 is 0.750 bits per heavy atom. The van der Waals surface area contributed by atoms with Crippen molar-refractivity contribution in [2.75, 3.05) is 14.2 Å². The Balaban J connectivity index is 0.000000161. The van der Waals surface area contributed by atoms with E-state index in [9.17, 15) is 9.59 Å². The van der Waals surface area contributed by atoms with E-state index in [-0.39, 0.29) is 11.1 Å². The molecule has 144 valence electrons. The van der Waals surface area contributed by atoms with Crippen LogP contribution in [0.2, 0.25) is 0 Å². The molecule has 0 aliphatic rings. The first-order valence-corrected chi connectivity index (χ1v) is 9.45. The molecule has 0 atom stereocenters. The molecular weight excluding hydrogens is 496 g/mol. The molecule has 2 heterocycles. The zero-order valence-electron chi connectivity index (χ0n) is 14.7. The molecule has 10 heteroatoms. The average molecular weight is 510 g/mol. The lowest BCUT2D eigenvalue weighted by Gasteiger charge is -2.04. The molecule has 4 rings (SSSR count). The van der Waals surface area contributed by atoms with Crippen LogP contribution < -0.4 is 20.6 Å². The summed E-state index contributed by atoms with van der Waals surface area (Å²) in [6.45, 7) is 0. The van der Waals surface area contributed by atoms with Crippen LogP contribution in [0.25, 0.3) is 22.1 Å². The highest BCUT2D eigenvalue weighted by Crippen LogP contribution is 2.28. The largest absolute Gasteiger partial charge is 0.495 e. The second-order valence-electron chi connectivity index (χ2n) is 5.50. The minimum Gasteiger partial charge on any atom is -0.495 e. The van der Waals surface area contributed by atoms with Gasteiger partial charge in [-0.15, -0.1) is 0 Å². The van der Waals surface area contributed by atoms with Crippen LogP contribution in [0.1, 0.15) is 0 Å². The van der Waals surface area contributed by atoms with Gasteiger partial charge in [-0.3, -0.25) is 9.59 Å². The lowest BCUT2D eigenvalue weighted by Crippen LogP contribution is -2.04. The summed E-state index contributed by atoms with van der Waals surface area (Å²) in [4.78, 5) is 35.3. The topological polar surface area (TPSA) is 110 Å². The Kier molecular flexibility index (Phi) is 6.10. The molecule has 0 unspecified atom stereocenters. The quantitative estimate of drug-likeness (QED) is 0.428. The number of H-pyrrole nitrogens is 2. The normalized spacial score (nSPS) is 10.4. The predicted molar refractivity (Wildman–Crippen MR) is 113 cm³/mol. The number of rotatable bonds is 2. The van der Waals surface area contributed by atoms with Gasteiger partial charge in [0.25, 0.3) is 11.1 Å². The van der Waals surface area contributed by atoms with E-state index in [1.165, 1.54) is 12.4 Å². The summed E-state index contributed by atoms with van der Waals surface area (Å²) < 4.78 is 11.8. The molecule has 4 aromatic rings. The van der Waals surface area contributed by atoms with Crippen molar-refractivity contribution in [3.05, 3.63) is 66.3 Å². The van der Waals surface area contributed by atoms with Crippen LogP contribution in [0, 0.1) is 0 Å². The third kappa shape index (κ3) is 4.39. The van der Waals surface area contributed by atoms with Crippen molar-refractivity contribution in [1.29, 1.82) is 0 Å². The lowest BCUT2D eigenvalue weighted by atomic mass is 10.3. The van der Waals surface area contributed by atoms with E-state index in [2.05, 4.69) is 51.8 Å². The van der Waals surface area contributed by atoms with E-state index in [0.29, 0.717) is 28.0 Å². The van der Waals surface area contributed by atoms with E-state index in [0.717, 1.165) is 14.5 Å². The van der Waals surface area contributed by atoms with Gasteiger partial charge in [0.1, 0.15) is 11.5 Å². The van der Waals surface area contributed by atoms with Gasteiger partial charge in [0.15, 0.2) is 0 Å². The molecule has 2 aromatic carbocycles. The first-order chi connectivity index (χ1) is 13.4. The van der Waals surface area contributed by atoms with Crippen molar-refractivity contribution < 1.29 is 9.47 Å². The summed E-state index contributed by atoms with van der Waals surface area (Å²) >= 11 is 6.67. The number of benzene rings is 2. The highest BCUT2D eigenvalue weighted by molar-refractivity contribution is 9.11. The molecule has 0 saturated carbocycles. The third-order valence-corrected chi connectivity index (χ3v) is 4.94. The number of halogens is 2. The van der Waals surface area contributed by atoms with Crippen molar-refractivity contribution in [3.63, 3.8) is 0 Å². The van der Waals surface area contributed by atoms with Crippen LogP contribution in [-0.4, -0.2) is 34.2 Å². The zero-order valence-corrected chi connectivity index (χ0v) is 17.9. The number of hydrogen-bond acceptors (Lipinski definition) is 6. The van der Waals surface area contributed by atoms with Gasteiger partial charge in [-0.05, 0) is 44.0 Å². The van der Waals surface area contributed by atoms with Gasteiger partial charge in [-0.1, -0.05) is 0 Å². The van der Waals surface area contributed by atoms with Gasteiger partial charge in [0.05, 0.1) is 57.6 Å². The molecular formula is C18H14Br2N4O4. The summed E-state index contributed by atoms with van der Waals surface area (Å²) in [5.74, 6) is 1.36. The number of nitrogens with one attached hydrogen (secondary N) is 2. The molecule has 2 aromatic heterocycles. The number of methoxy groups -OCH3 is 2. The molecule has 0 amide bonds. The van der Waals surface area contributed by atoms with E-state index in [1.54, 1.807) is 38.5 Å². The van der Waals surface area contributed by atoms with Gasteiger partial charge in [0.2, 0.25) is 0 Å². The van der Waals surface area contributed by atoms with Crippen LogP contribution in [0.4, 0.5) is 0 Å². The first kappa shape index (κ1) is 20.0. The molecule has 2 N–H and O–H groups in total. The van der Waals surface area contributed by atoms with Gasteiger partial charge in [-0.25, -0.2) is 9.97 Å². The lowest BCUT2D eigenvalue weighted by molar-refractivity contribution is 0.412. The maximum Gasteiger partial charge on any atom is 0.266 e. The van der Waals surface area contributed by atoms with Crippen LogP contribution in [0.15, 0.2) is 55.2 Å². The Morgan fingerprint density at radius 2 is 1.21 bits per heavy atom. The molecule has 0 spiro atoms. The molecule has 0 saturated heterocycles. The standard InChI is InChI=1S/2C9H7BrN2O2/c1-14-8-3-6-7(2-5(8)10)12-9(13)4-11-6;1-14-8-3-7-6(2-5(8)10)11-4-9(13)12-7/h2*2-4H,1H3,(H,12,13). The minimum atomic E-state index is -0.220. The minimum absolute atomic E-state index is 0.213. The number of nitrogens with zero attached hydrogens (tertiary/aromatic N) is 2. The Morgan fingerprint density at radius 3 is 1.79 bits per heavy atom. The molecule has 8 nitrogen and oxygen atoms in total. The fourth-order valence-corrected chi connectivity index (χ4v) is 3.40. The van der Waals surface area contributed by atoms with Crippen LogP contribution in [0.5, 0.6) is 11.5 Å². The zero-order chi connectivity index (χ0) is 20.3. The highest BCUT2D eigenvalue weighted by atomic mass is 79.9. The summed E-state index contributed by atoms with van der Waals surface area (Å²) in [5, 5.41) is 0. The fourth-order valence-electron chi connectivity index (χ4n) is 2.40. The van der Waals surface area contributed by atoms with Crippen molar-refractivity contribution in [2.45, 2.75) is 0 Å². The summed E-state index contributed by atoms with van der Waals surface area (Å²) in [6, 6.07) is 7.05. The van der Waals surface area contributed by atoms with Gasteiger partial charge < -0.3 is 19.4 Å². The summed E-state index contributed by atoms with van der Waals surface area (Å²) in [5.41, 5.74) is 2.33. The highest BCUT2D eigenvalue weighted by Gasteiger charge is 2.04. The summed E-state index contributed by atoms with van der Waals surface area (Å²) in [7, 11) is 3.15. The first-order valence-electron chi connectivity index (χ1n) is 7.86. The van der Waals surface area contributed by atoms with Crippen molar-refractivity contribution >= 4 is 53.9 Å². The predicted octanol–water partition coefficient (Wildman–Crippen LogP) is 3.39. The monoisotopic (exact) mass is 508 g/mol. The molecule has 28 heavy (non-hydrogen) atoms. The van der Waals surface area contributed by atoms with E-state index < -0.39 is 0 Å². The Hall–Kier alpha value is -2.72. The van der Waals surface area contributed by atoms with E-state index in [1.807, 2.05) is 0 Å². The van der Waals surface area contributed by atoms with Gasteiger partial charge >= 0.3 is 0 Å².